The molecule has 1 aliphatic heterocycles. The quantitative estimate of drug-likeness (QED) is 0.921. The van der Waals surface area contributed by atoms with Crippen molar-refractivity contribution in [3.05, 3.63) is 21.9 Å². The molecule has 2 heterocycles. The number of carbonyl (C=O) groups excluding carboxylic acids is 1. The summed E-state index contributed by atoms with van der Waals surface area (Å²) in [5.74, 6) is 1.03. The van der Waals surface area contributed by atoms with E-state index in [2.05, 4.69) is 21.7 Å². The molecule has 0 aromatic carbocycles. The molecule has 1 amide bonds. The van der Waals surface area contributed by atoms with Gasteiger partial charge in [-0.25, -0.2) is 0 Å². The van der Waals surface area contributed by atoms with Crippen LogP contribution >= 0.6 is 11.3 Å². The zero-order chi connectivity index (χ0) is 14.9. The highest BCUT2D eigenvalue weighted by Gasteiger charge is 2.40. The molecule has 22 heavy (non-hydrogen) atoms. The van der Waals surface area contributed by atoms with Gasteiger partial charge in [0.25, 0.3) is 0 Å². The average molecular weight is 318 g/mol. The molecule has 0 spiro atoms. The minimum absolute atomic E-state index is 0.247. The summed E-state index contributed by atoms with van der Waals surface area (Å²) in [5, 5.41) is 5.51. The predicted octanol–water partition coefficient (Wildman–Crippen LogP) is 3.51. The third-order valence-electron chi connectivity index (χ3n) is 5.50. The SMILES string of the molecule is O=C(CN1CCc2sccc2[C@@H]1C1CC1)NC1CCCCC1. The summed E-state index contributed by atoms with van der Waals surface area (Å²) in [5.41, 5.74) is 1.52. The van der Waals surface area contributed by atoms with E-state index >= 15 is 0 Å². The maximum atomic E-state index is 12.5. The molecular weight excluding hydrogens is 292 g/mol. The van der Waals surface area contributed by atoms with Crippen LogP contribution in [-0.4, -0.2) is 29.9 Å². The molecule has 1 atom stereocenters. The first-order valence-corrected chi connectivity index (χ1v) is 9.79. The van der Waals surface area contributed by atoms with Gasteiger partial charge in [-0.1, -0.05) is 19.3 Å². The number of nitrogens with zero attached hydrogens (tertiary/aromatic N) is 1. The van der Waals surface area contributed by atoms with E-state index in [9.17, 15) is 4.79 Å². The monoisotopic (exact) mass is 318 g/mol. The van der Waals surface area contributed by atoms with Crippen molar-refractivity contribution in [3.8, 4) is 0 Å². The first kappa shape index (κ1) is 14.7. The van der Waals surface area contributed by atoms with Crippen LogP contribution in [-0.2, 0) is 11.2 Å². The van der Waals surface area contributed by atoms with Gasteiger partial charge in [0.05, 0.1) is 6.54 Å². The van der Waals surface area contributed by atoms with Crippen molar-refractivity contribution in [1.29, 1.82) is 0 Å². The highest BCUT2D eigenvalue weighted by molar-refractivity contribution is 7.10. The maximum Gasteiger partial charge on any atom is 0.234 e. The second kappa shape index (κ2) is 6.32. The summed E-state index contributed by atoms with van der Waals surface area (Å²) < 4.78 is 0. The highest BCUT2D eigenvalue weighted by Crippen LogP contribution is 2.48. The number of thiophene rings is 1. The molecule has 0 unspecified atom stereocenters. The number of hydrogen-bond donors (Lipinski definition) is 1. The third kappa shape index (κ3) is 3.09. The lowest BCUT2D eigenvalue weighted by Gasteiger charge is -2.36. The van der Waals surface area contributed by atoms with Crippen LogP contribution < -0.4 is 5.32 Å². The number of hydrogen-bond acceptors (Lipinski definition) is 3. The smallest absolute Gasteiger partial charge is 0.234 e. The van der Waals surface area contributed by atoms with Gasteiger partial charge < -0.3 is 5.32 Å². The van der Waals surface area contributed by atoms with E-state index in [1.807, 2.05) is 11.3 Å². The van der Waals surface area contributed by atoms with Crippen LogP contribution in [0, 0.1) is 5.92 Å². The Morgan fingerprint density at radius 1 is 1.23 bits per heavy atom. The standard InChI is InChI=1S/C18H26N2OS/c21-17(19-14-4-2-1-3-5-14)12-20-10-8-16-15(9-11-22-16)18(20)13-6-7-13/h9,11,13-14,18H,1-8,10,12H2,(H,19,21)/t18-/m0/s1. The maximum absolute atomic E-state index is 12.5. The summed E-state index contributed by atoms with van der Waals surface area (Å²) in [4.78, 5) is 16.5. The van der Waals surface area contributed by atoms with Gasteiger partial charge in [-0.3, -0.25) is 9.69 Å². The third-order valence-corrected chi connectivity index (χ3v) is 6.50. The number of carbonyl (C=O) groups is 1. The van der Waals surface area contributed by atoms with E-state index in [-0.39, 0.29) is 5.91 Å². The highest BCUT2D eigenvalue weighted by atomic mass is 32.1. The van der Waals surface area contributed by atoms with Crippen LogP contribution in [0.15, 0.2) is 11.4 Å². The molecule has 2 fully saturated rings. The van der Waals surface area contributed by atoms with E-state index in [0.29, 0.717) is 18.6 Å². The van der Waals surface area contributed by atoms with E-state index in [4.69, 9.17) is 0 Å². The second-order valence-electron chi connectivity index (χ2n) is 7.20. The Labute approximate surface area is 137 Å². The fourth-order valence-corrected chi connectivity index (χ4v) is 5.16. The predicted molar refractivity (Wildman–Crippen MR) is 90.1 cm³/mol. The largest absolute Gasteiger partial charge is 0.352 e. The fourth-order valence-electron chi connectivity index (χ4n) is 4.24. The van der Waals surface area contributed by atoms with Crippen molar-refractivity contribution >= 4 is 17.2 Å². The molecule has 2 saturated carbocycles. The second-order valence-corrected chi connectivity index (χ2v) is 8.20. The molecule has 3 aliphatic rings. The van der Waals surface area contributed by atoms with Crippen LogP contribution in [0.3, 0.4) is 0 Å². The zero-order valence-electron chi connectivity index (χ0n) is 13.2. The van der Waals surface area contributed by atoms with Gasteiger partial charge in [0.1, 0.15) is 0 Å². The first-order valence-electron chi connectivity index (χ1n) is 8.91. The van der Waals surface area contributed by atoms with E-state index in [0.717, 1.165) is 18.9 Å². The number of fused-ring (bicyclic) bond motifs is 1. The molecule has 1 aromatic rings. The van der Waals surface area contributed by atoms with Crippen molar-refractivity contribution in [2.75, 3.05) is 13.1 Å². The zero-order valence-corrected chi connectivity index (χ0v) is 14.0. The summed E-state index contributed by atoms with van der Waals surface area (Å²) in [6.07, 6.45) is 10.0. The molecule has 120 valence electrons. The van der Waals surface area contributed by atoms with Gasteiger partial charge in [-0.2, -0.15) is 0 Å². The molecule has 0 saturated heterocycles. The lowest BCUT2D eigenvalue weighted by Crippen LogP contribution is -2.46. The molecule has 0 bridgehead atoms. The Morgan fingerprint density at radius 2 is 2.05 bits per heavy atom. The Kier molecular flexibility index (Phi) is 4.23. The van der Waals surface area contributed by atoms with E-state index in [1.54, 1.807) is 4.88 Å². The van der Waals surface area contributed by atoms with Crippen molar-refractivity contribution < 1.29 is 4.79 Å². The van der Waals surface area contributed by atoms with Crippen LogP contribution in [0.4, 0.5) is 0 Å². The lowest BCUT2D eigenvalue weighted by molar-refractivity contribution is -0.124. The average Bonchev–Trinajstić information content (AvgIpc) is 3.24. The first-order chi connectivity index (χ1) is 10.8. The summed E-state index contributed by atoms with van der Waals surface area (Å²) in [6.45, 7) is 1.64. The van der Waals surface area contributed by atoms with Gasteiger partial charge in [0, 0.05) is 23.5 Å². The van der Waals surface area contributed by atoms with Gasteiger partial charge in [0.15, 0.2) is 0 Å². The molecule has 2 aliphatic carbocycles. The molecule has 1 N–H and O–H groups in total. The van der Waals surface area contributed by atoms with Crippen molar-refractivity contribution in [2.45, 2.75) is 63.5 Å². The van der Waals surface area contributed by atoms with Gasteiger partial charge >= 0.3 is 0 Å². The number of amides is 1. The molecule has 4 rings (SSSR count). The summed E-state index contributed by atoms with van der Waals surface area (Å²) in [7, 11) is 0. The Morgan fingerprint density at radius 3 is 2.82 bits per heavy atom. The van der Waals surface area contributed by atoms with Crippen LogP contribution in [0.5, 0.6) is 0 Å². The Bertz CT molecular complexity index is 531. The van der Waals surface area contributed by atoms with Crippen molar-refractivity contribution in [2.24, 2.45) is 5.92 Å². The Hall–Kier alpha value is -0.870. The number of rotatable bonds is 4. The number of nitrogens with one attached hydrogen (secondary N) is 1. The van der Waals surface area contributed by atoms with Crippen LogP contribution in [0.25, 0.3) is 0 Å². The molecule has 3 nitrogen and oxygen atoms in total. The normalized spacial score (nSPS) is 26.6. The van der Waals surface area contributed by atoms with Gasteiger partial charge in [0.2, 0.25) is 5.91 Å². The lowest BCUT2D eigenvalue weighted by atomic mass is 9.95. The minimum atomic E-state index is 0.247. The van der Waals surface area contributed by atoms with E-state index in [1.165, 1.54) is 50.5 Å². The van der Waals surface area contributed by atoms with Crippen LogP contribution in [0.1, 0.15) is 61.4 Å². The minimum Gasteiger partial charge on any atom is -0.352 e. The van der Waals surface area contributed by atoms with Crippen molar-refractivity contribution in [3.63, 3.8) is 0 Å². The van der Waals surface area contributed by atoms with Gasteiger partial charge in [-0.15, -0.1) is 11.3 Å². The van der Waals surface area contributed by atoms with Crippen LogP contribution in [0.2, 0.25) is 0 Å². The summed E-state index contributed by atoms with van der Waals surface area (Å²) in [6, 6.07) is 3.24. The fraction of sp³-hybridized carbons (Fsp3) is 0.722. The molecular formula is C18H26N2OS. The molecule has 0 radical (unpaired) electrons. The molecule has 1 aromatic heterocycles. The van der Waals surface area contributed by atoms with Gasteiger partial charge in [-0.05, 0) is 55.0 Å². The Balaban J connectivity index is 1.40. The van der Waals surface area contributed by atoms with E-state index < -0.39 is 0 Å². The topological polar surface area (TPSA) is 32.3 Å². The molecule has 4 heteroatoms. The summed E-state index contributed by atoms with van der Waals surface area (Å²) >= 11 is 1.90. The van der Waals surface area contributed by atoms with Crippen molar-refractivity contribution in [1.82, 2.24) is 10.2 Å².